The molecule has 1 saturated carbocycles. The van der Waals surface area contributed by atoms with Gasteiger partial charge in [-0.2, -0.15) is 0 Å². The Morgan fingerprint density at radius 3 is 2.23 bits per heavy atom. The molecular formula is C18H21N3O. The van der Waals surface area contributed by atoms with Crippen LogP contribution in [0.3, 0.4) is 0 Å². The molecule has 0 atom stereocenters. The Kier molecular flexibility index (Phi) is 3.92. The maximum absolute atomic E-state index is 13.0. The number of carbonyl (C=O) groups is 1. The van der Waals surface area contributed by atoms with E-state index < -0.39 is 5.41 Å². The number of nitrogens with zero attached hydrogens (tertiary/aromatic N) is 2. The van der Waals surface area contributed by atoms with Gasteiger partial charge in [0.1, 0.15) is 0 Å². The van der Waals surface area contributed by atoms with Crippen LogP contribution in [0.25, 0.3) is 0 Å². The van der Waals surface area contributed by atoms with Crippen LogP contribution in [0.5, 0.6) is 0 Å². The van der Waals surface area contributed by atoms with E-state index in [2.05, 4.69) is 15.3 Å². The van der Waals surface area contributed by atoms with Gasteiger partial charge < -0.3 is 0 Å². The molecule has 1 aromatic carbocycles. The lowest BCUT2D eigenvalue weighted by Gasteiger charge is -2.28. The van der Waals surface area contributed by atoms with E-state index in [1.54, 1.807) is 0 Å². The minimum absolute atomic E-state index is 0.0150. The molecule has 1 aromatic heterocycles. The first-order valence-corrected chi connectivity index (χ1v) is 7.79. The monoisotopic (exact) mass is 295 g/mol. The first-order valence-electron chi connectivity index (χ1n) is 7.79. The molecule has 2 aromatic rings. The molecule has 1 aliphatic rings. The summed E-state index contributed by atoms with van der Waals surface area (Å²) in [6, 6.07) is 12.0. The highest BCUT2D eigenvalue weighted by molar-refractivity contribution is 5.98. The van der Waals surface area contributed by atoms with Gasteiger partial charge in [0.25, 0.3) is 0 Å². The van der Waals surface area contributed by atoms with Crippen molar-refractivity contribution in [1.82, 2.24) is 9.97 Å². The smallest absolute Gasteiger partial charge is 0.237 e. The van der Waals surface area contributed by atoms with Crippen molar-refractivity contribution >= 4 is 11.9 Å². The second-order valence-electron chi connectivity index (χ2n) is 6.08. The third-order valence-corrected chi connectivity index (χ3v) is 4.43. The summed E-state index contributed by atoms with van der Waals surface area (Å²) < 4.78 is 0. The molecule has 114 valence electrons. The molecule has 0 bridgehead atoms. The molecule has 0 aliphatic heterocycles. The number of aromatic nitrogens is 2. The molecule has 0 unspecified atom stereocenters. The van der Waals surface area contributed by atoms with Gasteiger partial charge in [-0.25, -0.2) is 9.97 Å². The number of amides is 1. The second kappa shape index (κ2) is 5.87. The lowest BCUT2D eigenvalue weighted by atomic mass is 9.78. The molecule has 4 nitrogen and oxygen atoms in total. The number of nitrogens with one attached hydrogen (secondary N) is 1. The minimum Gasteiger partial charge on any atom is -0.294 e. The predicted molar refractivity (Wildman–Crippen MR) is 86.7 cm³/mol. The Bertz CT molecular complexity index is 656. The van der Waals surface area contributed by atoms with Gasteiger partial charge in [0, 0.05) is 11.4 Å². The zero-order valence-corrected chi connectivity index (χ0v) is 13.1. The van der Waals surface area contributed by atoms with Gasteiger partial charge in [0.2, 0.25) is 11.9 Å². The average molecular weight is 295 g/mol. The molecule has 0 spiro atoms. The number of anilines is 1. The van der Waals surface area contributed by atoms with Gasteiger partial charge in [-0.3, -0.25) is 10.1 Å². The molecule has 1 fully saturated rings. The van der Waals surface area contributed by atoms with Crippen molar-refractivity contribution in [2.24, 2.45) is 0 Å². The number of hydrogen-bond acceptors (Lipinski definition) is 3. The number of aryl methyl sites for hydroxylation is 2. The van der Waals surface area contributed by atoms with Crippen LogP contribution in [-0.2, 0) is 10.2 Å². The largest absolute Gasteiger partial charge is 0.294 e. The first-order chi connectivity index (χ1) is 10.6. The van der Waals surface area contributed by atoms with E-state index in [-0.39, 0.29) is 5.91 Å². The van der Waals surface area contributed by atoms with Crippen LogP contribution in [0.4, 0.5) is 5.95 Å². The van der Waals surface area contributed by atoms with Crippen molar-refractivity contribution in [3.05, 3.63) is 53.3 Å². The van der Waals surface area contributed by atoms with E-state index in [0.29, 0.717) is 5.95 Å². The summed E-state index contributed by atoms with van der Waals surface area (Å²) in [5.74, 6) is 0.422. The summed E-state index contributed by atoms with van der Waals surface area (Å²) in [6.45, 7) is 3.82. The Morgan fingerprint density at radius 1 is 1.05 bits per heavy atom. The summed E-state index contributed by atoms with van der Waals surface area (Å²) in [4.78, 5) is 21.6. The third-order valence-electron chi connectivity index (χ3n) is 4.43. The van der Waals surface area contributed by atoms with E-state index >= 15 is 0 Å². The zero-order chi connectivity index (χ0) is 15.6. The van der Waals surface area contributed by atoms with Gasteiger partial charge in [-0.1, -0.05) is 43.2 Å². The Hall–Kier alpha value is -2.23. The summed E-state index contributed by atoms with van der Waals surface area (Å²) >= 11 is 0. The number of rotatable bonds is 3. The van der Waals surface area contributed by atoms with Gasteiger partial charge in [0.15, 0.2) is 0 Å². The molecule has 1 aliphatic carbocycles. The van der Waals surface area contributed by atoms with E-state index in [0.717, 1.165) is 42.6 Å². The van der Waals surface area contributed by atoms with Gasteiger partial charge in [-0.15, -0.1) is 0 Å². The standard InChI is InChI=1S/C18H21N3O/c1-13-12-14(2)20-17(19-13)21-16(22)18(10-6-7-11-18)15-8-4-3-5-9-15/h3-5,8-9,12H,6-7,10-11H2,1-2H3,(H,19,20,21,22). The van der Waals surface area contributed by atoms with Crippen molar-refractivity contribution in [2.75, 3.05) is 5.32 Å². The fraction of sp³-hybridized carbons (Fsp3) is 0.389. The molecule has 0 saturated heterocycles. The fourth-order valence-electron chi connectivity index (χ4n) is 3.39. The molecule has 1 amide bonds. The van der Waals surface area contributed by atoms with Crippen LogP contribution in [0.1, 0.15) is 42.6 Å². The minimum atomic E-state index is -0.442. The molecule has 22 heavy (non-hydrogen) atoms. The van der Waals surface area contributed by atoms with Crippen molar-refractivity contribution in [2.45, 2.75) is 44.9 Å². The normalized spacial score (nSPS) is 16.5. The topological polar surface area (TPSA) is 54.9 Å². The van der Waals surface area contributed by atoms with Crippen LogP contribution in [0, 0.1) is 13.8 Å². The van der Waals surface area contributed by atoms with Crippen molar-refractivity contribution in [3.8, 4) is 0 Å². The first kappa shape index (κ1) is 14.7. The van der Waals surface area contributed by atoms with Crippen LogP contribution in [0.15, 0.2) is 36.4 Å². The fourth-order valence-corrected chi connectivity index (χ4v) is 3.39. The summed E-state index contributed by atoms with van der Waals surface area (Å²) in [5.41, 5.74) is 2.38. The lowest BCUT2D eigenvalue weighted by molar-refractivity contribution is -0.121. The molecule has 4 heteroatoms. The van der Waals surface area contributed by atoms with E-state index in [1.165, 1.54) is 0 Å². The van der Waals surface area contributed by atoms with E-state index in [9.17, 15) is 4.79 Å². The SMILES string of the molecule is Cc1cc(C)nc(NC(=O)C2(c3ccccc3)CCCC2)n1. The van der Waals surface area contributed by atoms with Crippen molar-refractivity contribution in [1.29, 1.82) is 0 Å². The Morgan fingerprint density at radius 2 is 1.64 bits per heavy atom. The highest BCUT2D eigenvalue weighted by Gasteiger charge is 2.42. The van der Waals surface area contributed by atoms with Crippen molar-refractivity contribution in [3.63, 3.8) is 0 Å². The van der Waals surface area contributed by atoms with Crippen LogP contribution in [0.2, 0.25) is 0 Å². The summed E-state index contributed by atoms with van der Waals surface area (Å²) in [5, 5.41) is 2.94. The number of hydrogen-bond donors (Lipinski definition) is 1. The van der Waals surface area contributed by atoms with E-state index in [4.69, 9.17) is 0 Å². The predicted octanol–water partition coefficient (Wildman–Crippen LogP) is 3.54. The van der Waals surface area contributed by atoms with Gasteiger partial charge in [-0.05, 0) is 38.3 Å². The molecular weight excluding hydrogens is 274 g/mol. The van der Waals surface area contributed by atoms with Crippen LogP contribution in [-0.4, -0.2) is 15.9 Å². The average Bonchev–Trinajstić information content (AvgIpc) is 2.98. The summed E-state index contributed by atoms with van der Waals surface area (Å²) in [6.07, 6.45) is 3.92. The third kappa shape index (κ3) is 2.73. The van der Waals surface area contributed by atoms with Gasteiger partial charge >= 0.3 is 0 Å². The quantitative estimate of drug-likeness (QED) is 0.942. The maximum atomic E-state index is 13.0. The van der Waals surface area contributed by atoms with Crippen LogP contribution >= 0.6 is 0 Å². The number of benzene rings is 1. The van der Waals surface area contributed by atoms with E-state index in [1.807, 2.05) is 50.2 Å². The lowest BCUT2D eigenvalue weighted by Crippen LogP contribution is -2.38. The highest BCUT2D eigenvalue weighted by atomic mass is 16.2. The van der Waals surface area contributed by atoms with Crippen molar-refractivity contribution < 1.29 is 4.79 Å². The molecule has 1 heterocycles. The molecule has 0 radical (unpaired) electrons. The van der Waals surface area contributed by atoms with Gasteiger partial charge in [0.05, 0.1) is 5.41 Å². The number of carbonyl (C=O) groups excluding carboxylic acids is 1. The maximum Gasteiger partial charge on any atom is 0.237 e. The highest BCUT2D eigenvalue weighted by Crippen LogP contribution is 2.41. The summed E-state index contributed by atoms with van der Waals surface area (Å²) in [7, 11) is 0. The zero-order valence-electron chi connectivity index (χ0n) is 13.1. The Labute approximate surface area is 131 Å². The second-order valence-corrected chi connectivity index (χ2v) is 6.08. The molecule has 1 N–H and O–H groups in total. The molecule has 3 rings (SSSR count). The van der Waals surface area contributed by atoms with Crippen LogP contribution < -0.4 is 5.32 Å². The Balaban J connectivity index is 1.91.